The third-order valence-corrected chi connectivity index (χ3v) is 2.26. The lowest BCUT2D eigenvalue weighted by molar-refractivity contribution is 0.944. The average Bonchev–Trinajstić information content (AvgIpc) is 1.94. The highest BCUT2D eigenvalue weighted by Gasteiger charge is 2.03. The Morgan fingerprint density at radius 2 is 2.00 bits per heavy atom. The fraction of sp³-hybridized carbons (Fsp3) is 0.500. The van der Waals surface area contributed by atoms with Crippen molar-refractivity contribution >= 4 is 22.6 Å². The van der Waals surface area contributed by atoms with Crippen molar-refractivity contribution in [2.75, 3.05) is 0 Å². The molecule has 1 atom stereocenters. The first-order chi connectivity index (χ1) is 5.11. The lowest BCUT2D eigenvalue weighted by Crippen LogP contribution is -1.97. The SMILES string of the molecule is Cc1ncc(C(C)I)nc1C. The van der Waals surface area contributed by atoms with Crippen LogP contribution in [0.3, 0.4) is 0 Å². The largest absolute Gasteiger partial charge is 0.258 e. The van der Waals surface area contributed by atoms with E-state index in [0.717, 1.165) is 17.1 Å². The zero-order valence-electron chi connectivity index (χ0n) is 6.93. The van der Waals surface area contributed by atoms with Crippen molar-refractivity contribution in [3.63, 3.8) is 0 Å². The molecule has 1 heterocycles. The summed E-state index contributed by atoms with van der Waals surface area (Å²) in [5.41, 5.74) is 3.12. The van der Waals surface area contributed by atoms with Crippen LogP contribution in [-0.2, 0) is 0 Å². The summed E-state index contributed by atoms with van der Waals surface area (Å²) in [4.78, 5) is 8.63. The first-order valence-electron chi connectivity index (χ1n) is 3.55. The van der Waals surface area contributed by atoms with Crippen LogP contribution in [0.15, 0.2) is 6.20 Å². The maximum Gasteiger partial charge on any atom is 0.0715 e. The van der Waals surface area contributed by atoms with Crippen molar-refractivity contribution in [1.29, 1.82) is 0 Å². The summed E-state index contributed by atoms with van der Waals surface area (Å²) in [5.74, 6) is 0. The Morgan fingerprint density at radius 3 is 2.45 bits per heavy atom. The molecule has 1 aromatic heterocycles. The van der Waals surface area contributed by atoms with Crippen molar-refractivity contribution < 1.29 is 0 Å². The number of alkyl halides is 1. The van der Waals surface area contributed by atoms with Gasteiger partial charge in [-0.25, -0.2) is 0 Å². The molecule has 0 aliphatic carbocycles. The van der Waals surface area contributed by atoms with Gasteiger partial charge in [0.15, 0.2) is 0 Å². The van der Waals surface area contributed by atoms with E-state index in [-0.39, 0.29) is 0 Å². The summed E-state index contributed by atoms with van der Waals surface area (Å²) in [5, 5.41) is 0. The third kappa shape index (κ3) is 2.12. The molecule has 0 N–H and O–H groups in total. The Balaban J connectivity index is 3.05. The predicted octanol–water partition coefficient (Wildman–Crippen LogP) is 2.59. The van der Waals surface area contributed by atoms with Crippen LogP contribution >= 0.6 is 22.6 Å². The molecule has 0 aliphatic heterocycles. The zero-order valence-corrected chi connectivity index (χ0v) is 9.08. The quantitative estimate of drug-likeness (QED) is 0.574. The van der Waals surface area contributed by atoms with Gasteiger partial charge in [0.25, 0.3) is 0 Å². The standard InChI is InChI=1S/C8H11IN2/c1-5(9)8-4-10-6(2)7(3)11-8/h4-5H,1-3H3. The number of nitrogens with zero attached hydrogens (tertiary/aromatic N) is 2. The van der Waals surface area contributed by atoms with Gasteiger partial charge < -0.3 is 0 Å². The predicted molar refractivity (Wildman–Crippen MR) is 53.9 cm³/mol. The summed E-state index contributed by atoms with van der Waals surface area (Å²) in [6, 6.07) is 0. The van der Waals surface area contributed by atoms with Crippen LogP contribution in [-0.4, -0.2) is 9.97 Å². The van der Waals surface area contributed by atoms with E-state index in [4.69, 9.17) is 0 Å². The Kier molecular flexibility index (Phi) is 2.81. The minimum atomic E-state index is 0.444. The molecule has 0 aliphatic rings. The molecule has 1 rings (SSSR count). The van der Waals surface area contributed by atoms with Crippen LogP contribution in [0.1, 0.15) is 27.9 Å². The number of rotatable bonds is 1. The van der Waals surface area contributed by atoms with Crippen molar-refractivity contribution in [3.8, 4) is 0 Å². The molecule has 3 heteroatoms. The van der Waals surface area contributed by atoms with Crippen molar-refractivity contribution in [1.82, 2.24) is 9.97 Å². The van der Waals surface area contributed by atoms with E-state index >= 15 is 0 Å². The molecule has 0 spiro atoms. The fourth-order valence-electron chi connectivity index (χ4n) is 0.751. The Hall–Kier alpha value is -0.190. The maximum absolute atomic E-state index is 4.40. The molecule has 1 aromatic rings. The highest BCUT2D eigenvalue weighted by molar-refractivity contribution is 14.1. The van der Waals surface area contributed by atoms with E-state index < -0.39 is 0 Å². The van der Waals surface area contributed by atoms with Crippen molar-refractivity contribution in [2.45, 2.75) is 24.7 Å². The summed E-state index contributed by atoms with van der Waals surface area (Å²) < 4.78 is 0.444. The first kappa shape index (κ1) is 8.90. The normalized spacial score (nSPS) is 13.1. The second-order valence-electron chi connectivity index (χ2n) is 2.58. The van der Waals surface area contributed by atoms with Crippen molar-refractivity contribution in [3.05, 3.63) is 23.3 Å². The number of aromatic nitrogens is 2. The second kappa shape index (κ2) is 3.47. The molecule has 0 radical (unpaired) electrons. The molecule has 2 nitrogen and oxygen atoms in total. The molecule has 11 heavy (non-hydrogen) atoms. The lowest BCUT2D eigenvalue weighted by Gasteiger charge is -2.04. The van der Waals surface area contributed by atoms with Gasteiger partial charge in [0.05, 0.1) is 21.0 Å². The van der Waals surface area contributed by atoms with E-state index in [1.807, 2.05) is 20.0 Å². The second-order valence-corrected chi connectivity index (χ2v) is 4.45. The Labute approximate surface area is 80.6 Å². The molecular weight excluding hydrogens is 251 g/mol. The van der Waals surface area contributed by atoms with E-state index in [1.54, 1.807) is 0 Å². The van der Waals surface area contributed by atoms with Crippen molar-refractivity contribution in [2.24, 2.45) is 0 Å². The van der Waals surface area contributed by atoms with Gasteiger partial charge in [-0.3, -0.25) is 9.97 Å². The van der Waals surface area contributed by atoms with Gasteiger partial charge in [0.2, 0.25) is 0 Å². The van der Waals surface area contributed by atoms with Crippen LogP contribution in [0.2, 0.25) is 0 Å². The van der Waals surface area contributed by atoms with Gasteiger partial charge >= 0.3 is 0 Å². The molecule has 0 amide bonds. The fourth-order valence-corrected chi connectivity index (χ4v) is 1.05. The molecule has 0 saturated carbocycles. The van der Waals surface area contributed by atoms with Gasteiger partial charge in [-0.05, 0) is 20.8 Å². The summed E-state index contributed by atoms with van der Waals surface area (Å²) in [6.07, 6.45) is 1.85. The van der Waals surface area contributed by atoms with E-state index in [1.165, 1.54) is 0 Å². The molecule has 0 saturated heterocycles. The van der Waals surface area contributed by atoms with Crippen LogP contribution in [0, 0.1) is 13.8 Å². The summed E-state index contributed by atoms with van der Waals surface area (Å²) in [7, 11) is 0. The Bertz CT molecular complexity index is 258. The first-order valence-corrected chi connectivity index (χ1v) is 4.80. The minimum absolute atomic E-state index is 0.444. The average molecular weight is 262 g/mol. The molecule has 0 aromatic carbocycles. The number of halogens is 1. The van der Waals surface area contributed by atoms with Crippen LogP contribution in [0.25, 0.3) is 0 Å². The number of aryl methyl sites for hydroxylation is 2. The van der Waals surface area contributed by atoms with E-state index in [0.29, 0.717) is 3.92 Å². The molecule has 0 fully saturated rings. The third-order valence-electron chi connectivity index (χ3n) is 1.62. The lowest BCUT2D eigenvalue weighted by atomic mass is 10.3. The molecular formula is C8H11IN2. The maximum atomic E-state index is 4.40. The Morgan fingerprint density at radius 1 is 1.36 bits per heavy atom. The summed E-state index contributed by atoms with van der Waals surface area (Å²) in [6.45, 7) is 6.08. The highest BCUT2D eigenvalue weighted by Crippen LogP contribution is 2.19. The molecule has 1 unspecified atom stereocenters. The van der Waals surface area contributed by atoms with Crippen LogP contribution in [0.5, 0.6) is 0 Å². The van der Waals surface area contributed by atoms with Crippen LogP contribution in [0.4, 0.5) is 0 Å². The molecule has 60 valence electrons. The van der Waals surface area contributed by atoms with Gasteiger partial charge in [-0.15, -0.1) is 0 Å². The van der Waals surface area contributed by atoms with E-state index in [2.05, 4.69) is 39.5 Å². The van der Waals surface area contributed by atoms with Gasteiger partial charge in [-0.1, -0.05) is 22.6 Å². The number of hydrogen-bond acceptors (Lipinski definition) is 2. The highest BCUT2D eigenvalue weighted by atomic mass is 127. The van der Waals surface area contributed by atoms with Crippen LogP contribution < -0.4 is 0 Å². The monoisotopic (exact) mass is 262 g/mol. The van der Waals surface area contributed by atoms with Gasteiger partial charge in [-0.2, -0.15) is 0 Å². The van der Waals surface area contributed by atoms with E-state index in [9.17, 15) is 0 Å². The minimum Gasteiger partial charge on any atom is -0.258 e. The van der Waals surface area contributed by atoms with Gasteiger partial charge in [0.1, 0.15) is 0 Å². The smallest absolute Gasteiger partial charge is 0.0715 e. The topological polar surface area (TPSA) is 25.8 Å². The summed E-state index contributed by atoms with van der Waals surface area (Å²) >= 11 is 2.33. The zero-order chi connectivity index (χ0) is 8.43. The van der Waals surface area contributed by atoms with Gasteiger partial charge in [0, 0.05) is 6.20 Å². The number of hydrogen-bond donors (Lipinski definition) is 0. The molecule has 0 bridgehead atoms.